The van der Waals surface area contributed by atoms with Crippen molar-refractivity contribution in [2.45, 2.75) is 6.92 Å². The number of carbonyl (C=O) groups is 1. The lowest BCUT2D eigenvalue weighted by atomic mass is 10.0. The lowest BCUT2D eigenvalue weighted by Gasteiger charge is -2.27. The Morgan fingerprint density at radius 1 is 1.03 bits per heavy atom. The molecule has 1 saturated heterocycles. The number of benzene rings is 1. The van der Waals surface area contributed by atoms with Gasteiger partial charge in [0.25, 0.3) is 5.91 Å². The minimum Gasteiger partial charge on any atom is -0.384 e. The SMILES string of the molecule is Cc1cc(-c2cn3c(-c4ccnc(N)c4)cnc3cn2)ccc1C(=O)N1CCOCC1. The number of amides is 1. The van der Waals surface area contributed by atoms with Crippen molar-refractivity contribution in [3.63, 3.8) is 0 Å². The molecule has 0 saturated carbocycles. The molecule has 1 aliphatic rings. The molecular formula is C23H22N6O2. The van der Waals surface area contributed by atoms with Gasteiger partial charge in [0.1, 0.15) is 5.82 Å². The van der Waals surface area contributed by atoms with Crippen molar-refractivity contribution in [1.82, 2.24) is 24.3 Å². The van der Waals surface area contributed by atoms with Gasteiger partial charge in [-0.3, -0.25) is 14.2 Å². The number of pyridine rings is 1. The molecule has 0 spiro atoms. The number of aryl methyl sites for hydroxylation is 1. The van der Waals surface area contributed by atoms with Crippen molar-refractivity contribution >= 4 is 17.4 Å². The fourth-order valence-electron chi connectivity index (χ4n) is 3.86. The van der Waals surface area contributed by atoms with Crippen LogP contribution in [0.1, 0.15) is 15.9 Å². The third kappa shape index (κ3) is 3.62. The second-order valence-corrected chi connectivity index (χ2v) is 7.55. The van der Waals surface area contributed by atoms with E-state index in [-0.39, 0.29) is 5.91 Å². The van der Waals surface area contributed by atoms with Crippen LogP contribution in [0.3, 0.4) is 0 Å². The average Bonchev–Trinajstić information content (AvgIpc) is 3.22. The van der Waals surface area contributed by atoms with E-state index in [0.717, 1.165) is 33.7 Å². The van der Waals surface area contributed by atoms with Gasteiger partial charge in [0.05, 0.1) is 37.0 Å². The van der Waals surface area contributed by atoms with E-state index >= 15 is 0 Å². The molecule has 5 rings (SSSR count). The van der Waals surface area contributed by atoms with Gasteiger partial charge in [0.15, 0.2) is 5.65 Å². The Labute approximate surface area is 179 Å². The van der Waals surface area contributed by atoms with Crippen LogP contribution in [0.25, 0.3) is 28.2 Å². The summed E-state index contributed by atoms with van der Waals surface area (Å²) in [6.07, 6.45) is 7.17. The molecule has 0 radical (unpaired) electrons. The molecule has 0 unspecified atom stereocenters. The smallest absolute Gasteiger partial charge is 0.254 e. The fraction of sp³-hybridized carbons (Fsp3) is 0.217. The normalized spacial score (nSPS) is 14.2. The van der Waals surface area contributed by atoms with Crippen LogP contribution in [0.5, 0.6) is 0 Å². The molecular weight excluding hydrogens is 392 g/mol. The summed E-state index contributed by atoms with van der Waals surface area (Å²) in [4.78, 5) is 27.8. The Morgan fingerprint density at radius 3 is 2.65 bits per heavy atom. The van der Waals surface area contributed by atoms with Crippen molar-refractivity contribution in [2.75, 3.05) is 32.0 Å². The van der Waals surface area contributed by atoms with Crippen LogP contribution >= 0.6 is 0 Å². The van der Waals surface area contributed by atoms with E-state index in [2.05, 4.69) is 15.0 Å². The quantitative estimate of drug-likeness (QED) is 0.554. The van der Waals surface area contributed by atoms with Gasteiger partial charge in [-0.2, -0.15) is 0 Å². The standard InChI is InChI=1S/C23H22N6O2/c1-15-10-16(2-3-18(15)23(30)28-6-8-31-9-7-28)19-14-29-20(12-27-22(29)13-26-19)17-4-5-25-21(24)11-17/h2-5,10-14H,6-9H2,1H3,(H2,24,25). The zero-order chi connectivity index (χ0) is 21.4. The number of imidazole rings is 1. The Bertz CT molecular complexity index is 1280. The summed E-state index contributed by atoms with van der Waals surface area (Å²) in [5.74, 6) is 0.501. The number of fused-ring (bicyclic) bond motifs is 1. The van der Waals surface area contributed by atoms with Gasteiger partial charge in [-0.25, -0.2) is 9.97 Å². The van der Waals surface area contributed by atoms with Crippen LogP contribution < -0.4 is 5.73 Å². The molecule has 1 fully saturated rings. The van der Waals surface area contributed by atoms with Gasteiger partial charge >= 0.3 is 0 Å². The number of morpholine rings is 1. The monoisotopic (exact) mass is 414 g/mol. The summed E-state index contributed by atoms with van der Waals surface area (Å²) < 4.78 is 7.33. The predicted molar refractivity (Wildman–Crippen MR) is 118 cm³/mol. The van der Waals surface area contributed by atoms with Gasteiger partial charge < -0.3 is 15.4 Å². The Kier molecular flexibility index (Phi) is 4.83. The second kappa shape index (κ2) is 7.81. The van der Waals surface area contributed by atoms with Gasteiger partial charge in [-0.05, 0) is 36.8 Å². The first-order valence-corrected chi connectivity index (χ1v) is 10.1. The van der Waals surface area contributed by atoms with Gasteiger partial charge in [-0.1, -0.05) is 6.07 Å². The first kappa shape index (κ1) is 19.2. The molecule has 8 heteroatoms. The number of nitrogen functional groups attached to an aromatic ring is 1. The number of hydrogen-bond donors (Lipinski definition) is 1. The number of hydrogen-bond acceptors (Lipinski definition) is 6. The molecule has 4 aromatic rings. The summed E-state index contributed by atoms with van der Waals surface area (Å²) in [7, 11) is 0. The molecule has 1 amide bonds. The van der Waals surface area contributed by atoms with Crippen LogP contribution in [-0.2, 0) is 4.74 Å². The molecule has 0 atom stereocenters. The topological polar surface area (TPSA) is 98.6 Å². The third-order valence-corrected chi connectivity index (χ3v) is 5.52. The number of nitrogens with zero attached hydrogens (tertiary/aromatic N) is 5. The molecule has 0 aliphatic carbocycles. The first-order chi connectivity index (χ1) is 15.1. The molecule has 156 valence electrons. The van der Waals surface area contributed by atoms with E-state index in [1.165, 1.54) is 0 Å². The third-order valence-electron chi connectivity index (χ3n) is 5.52. The Morgan fingerprint density at radius 2 is 1.87 bits per heavy atom. The zero-order valence-corrected chi connectivity index (χ0v) is 17.2. The van der Waals surface area contributed by atoms with Crippen LogP contribution in [-0.4, -0.2) is 56.5 Å². The van der Waals surface area contributed by atoms with E-state index in [0.29, 0.717) is 37.7 Å². The maximum Gasteiger partial charge on any atom is 0.254 e. The first-order valence-electron chi connectivity index (χ1n) is 10.1. The average molecular weight is 414 g/mol. The van der Waals surface area contributed by atoms with Crippen LogP contribution in [0.15, 0.2) is 55.1 Å². The highest BCUT2D eigenvalue weighted by Crippen LogP contribution is 2.26. The van der Waals surface area contributed by atoms with Gasteiger partial charge in [0, 0.05) is 42.2 Å². The number of ether oxygens (including phenoxy) is 1. The fourth-order valence-corrected chi connectivity index (χ4v) is 3.86. The van der Waals surface area contributed by atoms with E-state index in [9.17, 15) is 4.79 Å². The highest BCUT2D eigenvalue weighted by molar-refractivity contribution is 5.96. The minimum atomic E-state index is 0.0444. The van der Waals surface area contributed by atoms with E-state index in [4.69, 9.17) is 10.5 Å². The molecule has 1 aliphatic heterocycles. The van der Waals surface area contributed by atoms with E-state index in [1.807, 2.05) is 52.8 Å². The van der Waals surface area contributed by atoms with Crippen molar-refractivity contribution < 1.29 is 9.53 Å². The zero-order valence-electron chi connectivity index (χ0n) is 17.2. The van der Waals surface area contributed by atoms with Gasteiger partial charge in [0.2, 0.25) is 0 Å². The second-order valence-electron chi connectivity index (χ2n) is 7.55. The number of nitrogens with two attached hydrogens (primary N) is 1. The largest absolute Gasteiger partial charge is 0.384 e. The molecule has 31 heavy (non-hydrogen) atoms. The molecule has 8 nitrogen and oxygen atoms in total. The van der Waals surface area contributed by atoms with Crippen LogP contribution in [0.4, 0.5) is 5.82 Å². The van der Waals surface area contributed by atoms with Crippen LogP contribution in [0, 0.1) is 6.92 Å². The maximum absolute atomic E-state index is 12.9. The summed E-state index contributed by atoms with van der Waals surface area (Å²) in [5, 5.41) is 0. The van der Waals surface area contributed by atoms with Gasteiger partial charge in [-0.15, -0.1) is 0 Å². The summed E-state index contributed by atoms with van der Waals surface area (Å²) >= 11 is 0. The number of carbonyl (C=O) groups excluding carboxylic acids is 1. The molecule has 1 aromatic carbocycles. The summed E-state index contributed by atoms with van der Waals surface area (Å²) in [5.41, 5.74) is 11.8. The lowest BCUT2D eigenvalue weighted by Crippen LogP contribution is -2.40. The van der Waals surface area contributed by atoms with Crippen molar-refractivity contribution in [1.29, 1.82) is 0 Å². The van der Waals surface area contributed by atoms with E-state index < -0.39 is 0 Å². The minimum absolute atomic E-state index is 0.0444. The molecule has 0 bridgehead atoms. The van der Waals surface area contributed by atoms with Crippen LogP contribution in [0.2, 0.25) is 0 Å². The lowest BCUT2D eigenvalue weighted by molar-refractivity contribution is 0.0302. The Balaban J connectivity index is 1.50. The number of aromatic nitrogens is 4. The molecule has 4 heterocycles. The molecule has 2 N–H and O–H groups in total. The summed E-state index contributed by atoms with van der Waals surface area (Å²) in [6, 6.07) is 9.54. The number of anilines is 1. The highest BCUT2D eigenvalue weighted by atomic mass is 16.5. The number of rotatable bonds is 3. The summed E-state index contributed by atoms with van der Waals surface area (Å²) in [6.45, 7) is 4.38. The van der Waals surface area contributed by atoms with E-state index in [1.54, 1.807) is 18.6 Å². The predicted octanol–water partition coefficient (Wildman–Crippen LogP) is 2.82. The van der Waals surface area contributed by atoms with Crippen molar-refractivity contribution in [2.24, 2.45) is 0 Å². The Hall–Kier alpha value is -3.78. The molecule has 3 aromatic heterocycles. The van der Waals surface area contributed by atoms with Crippen molar-refractivity contribution in [3.05, 3.63) is 66.2 Å². The maximum atomic E-state index is 12.9. The van der Waals surface area contributed by atoms with Crippen molar-refractivity contribution in [3.8, 4) is 22.5 Å². The highest BCUT2D eigenvalue weighted by Gasteiger charge is 2.20.